The Morgan fingerprint density at radius 1 is 1.40 bits per heavy atom. The van der Waals surface area contributed by atoms with Crippen LogP contribution in [-0.4, -0.2) is 20.2 Å². The maximum absolute atomic E-state index is 5.64. The van der Waals surface area contributed by atoms with E-state index in [1.807, 2.05) is 19.9 Å². The number of aromatic amines is 1. The first-order chi connectivity index (χ1) is 7.20. The Morgan fingerprint density at radius 2 is 2.20 bits per heavy atom. The van der Waals surface area contributed by atoms with Gasteiger partial charge in [-0.2, -0.15) is 5.10 Å². The molecule has 0 aliphatic carbocycles. The first-order valence-electron chi connectivity index (χ1n) is 4.84. The molecule has 5 heteroatoms. The highest BCUT2D eigenvalue weighted by Gasteiger charge is 2.07. The summed E-state index contributed by atoms with van der Waals surface area (Å²) in [5.74, 6) is 0.310. The maximum Gasteiger partial charge on any atom is 0.220 e. The molecule has 0 saturated heterocycles. The summed E-state index contributed by atoms with van der Waals surface area (Å²) in [6.45, 7) is 3.99. The molecule has 2 aromatic rings. The van der Waals surface area contributed by atoms with Crippen LogP contribution in [0.3, 0.4) is 0 Å². The summed E-state index contributed by atoms with van der Waals surface area (Å²) in [5, 5.41) is 6.83. The second-order valence-corrected chi connectivity index (χ2v) is 3.36. The molecule has 3 N–H and O–H groups in total. The number of nitrogen functional groups attached to an aromatic ring is 1. The molecule has 0 spiro atoms. The summed E-state index contributed by atoms with van der Waals surface area (Å²) in [5.41, 5.74) is 9.36. The Balaban J connectivity index is 2.53. The van der Waals surface area contributed by atoms with Gasteiger partial charge in [-0.25, -0.2) is 9.97 Å². The molecule has 0 fully saturated rings. The highest BCUT2D eigenvalue weighted by molar-refractivity contribution is 5.61. The van der Waals surface area contributed by atoms with E-state index in [4.69, 9.17) is 5.73 Å². The number of nitrogens with two attached hydrogens (primary N) is 1. The zero-order valence-corrected chi connectivity index (χ0v) is 8.78. The van der Waals surface area contributed by atoms with Gasteiger partial charge in [0.2, 0.25) is 5.95 Å². The van der Waals surface area contributed by atoms with Crippen LogP contribution < -0.4 is 5.73 Å². The number of aryl methyl sites for hydroxylation is 2. The summed E-state index contributed by atoms with van der Waals surface area (Å²) < 4.78 is 0. The van der Waals surface area contributed by atoms with Gasteiger partial charge in [0.05, 0.1) is 11.9 Å². The lowest BCUT2D eigenvalue weighted by atomic mass is 10.1. The smallest absolute Gasteiger partial charge is 0.220 e. The number of H-pyrrole nitrogens is 1. The van der Waals surface area contributed by atoms with E-state index in [2.05, 4.69) is 20.2 Å². The lowest BCUT2D eigenvalue weighted by Gasteiger charge is -2.03. The molecule has 0 amide bonds. The zero-order chi connectivity index (χ0) is 10.8. The maximum atomic E-state index is 5.64. The molecule has 15 heavy (non-hydrogen) atoms. The van der Waals surface area contributed by atoms with Crippen molar-refractivity contribution < 1.29 is 0 Å². The minimum absolute atomic E-state index is 0.310. The van der Waals surface area contributed by atoms with E-state index in [1.165, 1.54) is 0 Å². The first kappa shape index (κ1) is 9.64. The standard InChI is InChI=1S/C10H13N5/c1-3-7-4-9(14-10(11)13-7)8-5-12-15-6(8)2/h4-5H,3H2,1-2H3,(H,12,15)(H2,11,13,14). The van der Waals surface area contributed by atoms with Crippen molar-refractivity contribution in [3.63, 3.8) is 0 Å². The van der Waals surface area contributed by atoms with Crippen molar-refractivity contribution in [3.8, 4) is 11.3 Å². The van der Waals surface area contributed by atoms with Gasteiger partial charge in [0.15, 0.2) is 0 Å². The third kappa shape index (κ3) is 1.81. The lowest BCUT2D eigenvalue weighted by Crippen LogP contribution is -2.00. The van der Waals surface area contributed by atoms with Crippen LogP contribution in [0.5, 0.6) is 0 Å². The van der Waals surface area contributed by atoms with E-state index in [-0.39, 0.29) is 0 Å². The predicted octanol–water partition coefficient (Wildman–Crippen LogP) is 1.32. The van der Waals surface area contributed by atoms with Crippen LogP contribution in [0.25, 0.3) is 11.3 Å². The highest BCUT2D eigenvalue weighted by Crippen LogP contribution is 2.20. The van der Waals surface area contributed by atoms with Crippen molar-refractivity contribution in [2.75, 3.05) is 5.73 Å². The molecule has 0 radical (unpaired) electrons. The van der Waals surface area contributed by atoms with Crippen molar-refractivity contribution in [1.82, 2.24) is 20.2 Å². The molecule has 2 heterocycles. The Labute approximate surface area is 87.8 Å². The number of nitrogens with one attached hydrogen (secondary N) is 1. The fourth-order valence-electron chi connectivity index (χ4n) is 1.45. The molecule has 2 rings (SSSR count). The van der Waals surface area contributed by atoms with Gasteiger partial charge >= 0.3 is 0 Å². The third-order valence-corrected chi connectivity index (χ3v) is 2.26. The monoisotopic (exact) mass is 203 g/mol. The van der Waals surface area contributed by atoms with Crippen LogP contribution in [0.4, 0.5) is 5.95 Å². The Hall–Kier alpha value is -1.91. The van der Waals surface area contributed by atoms with Gasteiger partial charge < -0.3 is 5.73 Å². The van der Waals surface area contributed by atoms with E-state index in [0.717, 1.165) is 29.1 Å². The third-order valence-electron chi connectivity index (χ3n) is 2.26. The summed E-state index contributed by atoms with van der Waals surface area (Å²) in [6.07, 6.45) is 2.59. The minimum atomic E-state index is 0.310. The number of aromatic nitrogens is 4. The van der Waals surface area contributed by atoms with Crippen LogP contribution in [0, 0.1) is 6.92 Å². The molecule has 0 saturated carbocycles. The van der Waals surface area contributed by atoms with E-state index < -0.39 is 0 Å². The molecule has 78 valence electrons. The Bertz CT molecular complexity index is 474. The minimum Gasteiger partial charge on any atom is -0.368 e. The van der Waals surface area contributed by atoms with E-state index in [1.54, 1.807) is 6.20 Å². The molecule has 5 nitrogen and oxygen atoms in total. The van der Waals surface area contributed by atoms with Crippen molar-refractivity contribution in [1.29, 1.82) is 0 Å². The first-order valence-corrected chi connectivity index (χ1v) is 4.84. The van der Waals surface area contributed by atoms with Crippen molar-refractivity contribution in [2.45, 2.75) is 20.3 Å². The van der Waals surface area contributed by atoms with Crippen LogP contribution in [0.15, 0.2) is 12.3 Å². The zero-order valence-electron chi connectivity index (χ0n) is 8.78. The van der Waals surface area contributed by atoms with Crippen molar-refractivity contribution in [2.24, 2.45) is 0 Å². The van der Waals surface area contributed by atoms with Gasteiger partial charge in [-0.05, 0) is 19.4 Å². The molecular formula is C10H13N5. The number of hydrogen-bond acceptors (Lipinski definition) is 4. The normalized spacial score (nSPS) is 10.5. The van der Waals surface area contributed by atoms with Gasteiger partial charge in [0.25, 0.3) is 0 Å². The topological polar surface area (TPSA) is 80.5 Å². The largest absolute Gasteiger partial charge is 0.368 e. The molecule has 2 aromatic heterocycles. The second kappa shape index (κ2) is 3.68. The summed E-state index contributed by atoms with van der Waals surface area (Å²) in [4.78, 5) is 8.32. The molecule has 0 bridgehead atoms. The van der Waals surface area contributed by atoms with Gasteiger partial charge in [-0.3, -0.25) is 5.10 Å². The van der Waals surface area contributed by atoms with Crippen molar-refractivity contribution in [3.05, 3.63) is 23.7 Å². The number of hydrogen-bond donors (Lipinski definition) is 2. The highest BCUT2D eigenvalue weighted by atomic mass is 15.1. The quantitative estimate of drug-likeness (QED) is 0.771. The SMILES string of the molecule is CCc1cc(-c2cn[nH]c2C)nc(N)n1. The molecule has 0 unspecified atom stereocenters. The summed E-state index contributed by atoms with van der Waals surface area (Å²) >= 11 is 0. The number of nitrogens with zero attached hydrogens (tertiary/aromatic N) is 3. The average molecular weight is 203 g/mol. The fourth-order valence-corrected chi connectivity index (χ4v) is 1.45. The fraction of sp³-hybridized carbons (Fsp3) is 0.300. The second-order valence-electron chi connectivity index (χ2n) is 3.36. The molecular weight excluding hydrogens is 190 g/mol. The molecule has 0 atom stereocenters. The van der Waals surface area contributed by atoms with Gasteiger partial charge in [-0.15, -0.1) is 0 Å². The van der Waals surface area contributed by atoms with Crippen molar-refractivity contribution >= 4 is 5.95 Å². The summed E-state index contributed by atoms with van der Waals surface area (Å²) in [6, 6.07) is 1.94. The Kier molecular flexibility index (Phi) is 2.37. The predicted molar refractivity (Wildman–Crippen MR) is 58.1 cm³/mol. The van der Waals surface area contributed by atoms with Crippen LogP contribution >= 0.6 is 0 Å². The Morgan fingerprint density at radius 3 is 2.80 bits per heavy atom. The molecule has 0 aliphatic rings. The van der Waals surface area contributed by atoms with E-state index in [0.29, 0.717) is 5.95 Å². The average Bonchev–Trinajstić information content (AvgIpc) is 2.63. The van der Waals surface area contributed by atoms with Crippen LogP contribution in [0.2, 0.25) is 0 Å². The van der Waals surface area contributed by atoms with E-state index >= 15 is 0 Å². The molecule has 0 aromatic carbocycles. The lowest BCUT2D eigenvalue weighted by molar-refractivity contribution is 1.01. The van der Waals surface area contributed by atoms with Gasteiger partial charge in [-0.1, -0.05) is 6.92 Å². The number of anilines is 1. The van der Waals surface area contributed by atoms with E-state index in [9.17, 15) is 0 Å². The summed E-state index contributed by atoms with van der Waals surface area (Å²) in [7, 11) is 0. The van der Waals surface area contributed by atoms with Crippen LogP contribution in [-0.2, 0) is 6.42 Å². The van der Waals surface area contributed by atoms with Gasteiger partial charge in [0, 0.05) is 17.0 Å². The number of rotatable bonds is 2. The van der Waals surface area contributed by atoms with Crippen LogP contribution in [0.1, 0.15) is 18.3 Å². The molecule has 0 aliphatic heterocycles. The van der Waals surface area contributed by atoms with Gasteiger partial charge in [0.1, 0.15) is 0 Å².